The summed E-state index contributed by atoms with van der Waals surface area (Å²) < 4.78 is 43.4. The van der Waals surface area contributed by atoms with E-state index in [1.807, 2.05) is 0 Å². The van der Waals surface area contributed by atoms with Crippen molar-refractivity contribution >= 4 is 0 Å². The second-order valence-corrected chi connectivity index (χ2v) is 3.71. The van der Waals surface area contributed by atoms with Gasteiger partial charge in [0.2, 0.25) is 11.7 Å². The first-order chi connectivity index (χ1) is 8.43. The minimum Gasteiger partial charge on any atom is -0.338 e. The molecule has 1 aromatic heterocycles. The standard InChI is InChI=1S/C11H10F3N3O/c1-6-3-2-4-7(11(12,13)14)9(6)10-16-8(5-15)18-17-10/h2-4H,5,15H2,1H3. The highest BCUT2D eigenvalue weighted by atomic mass is 19.4. The molecule has 0 bridgehead atoms. The zero-order valence-electron chi connectivity index (χ0n) is 9.45. The van der Waals surface area contributed by atoms with Crippen LogP contribution in [0.2, 0.25) is 0 Å². The number of nitrogens with zero attached hydrogens (tertiary/aromatic N) is 2. The molecule has 4 nitrogen and oxygen atoms in total. The van der Waals surface area contributed by atoms with Gasteiger partial charge in [-0.05, 0) is 18.6 Å². The molecule has 18 heavy (non-hydrogen) atoms. The van der Waals surface area contributed by atoms with Crippen molar-refractivity contribution in [3.8, 4) is 11.4 Å². The van der Waals surface area contributed by atoms with Gasteiger partial charge in [-0.3, -0.25) is 0 Å². The third kappa shape index (κ3) is 2.21. The summed E-state index contributed by atoms with van der Waals surface area (Å²) >= 11 is 0. The first kappa shape index (κ1) is 12.6. The molecule has 2 aromatic rings. The van der Waals surface area contributed by atoms with Crippen LogP contribution in [0.3, 0.4) is 0 Å². The van der Waals surface area contributed by atoms with Crippen molar-refractivity contribution in [1.82, 2.24) is 10.1 Å². The predicted molar refractivity (Wildman–Crippen MR) is 57.4 cm³/mol. The Morgan fingerprint density at radius 3 is 2.61 bits per heavy atom. The van der Waals surface area contributed by atoms with Gasteiger partial charge in [-0.15, -0.1) is 0 Å². The van der Waals surface area contributed by atoms with Crippen LogP contribution in [0.25, 0.3) is 11.4 Å². The second kappa shape index (κ2) is 4.41. The number of nitrogens with two attached hydrogens (primary N) is 1. The van der Waals surface area contributed by atoms with E-state index in [9.17, 15) is 13.2 Å². The Kier molecular flexibility index (Phi) is 3.08. The average molecular weight is 257 g/mol. The van der Waals surface area contributed by atoms with Crippen LogP contribution in [0.15, 0.2) is 22.7 Å². The molecule has 0 aliphatic carbocycles. The van der Waals surface area contributed by atoms with Crippen molar-refractivity contribution in [1.29, 1.82) is 0 Å². The molecule has 1 heterocycles. The molecule has 0 amide bonds. The molecule has 0 radical (unpaired) electrons. The predicted octanol–water partition coefficient (Wildman–Crippen LogP) is 2.52. The fourth-order valence-corrected chi connectivity index (χ4v) is 1.64. The summed E-state index contributed by atoms with van der Waals surface area (Å²) in [6.45, 7) is 1.54. The maximum atomic E-state index is 12.9. The van der Waals surface area contributed by atoms with E-state index in [1.165, 1.54) is 6.07 Å². The highest BCUT2D eigenvalue weighted by molar-refractivity contribution is 5.65. The Balaban J connectivity index is 2.62. The number of halogens is 3. The summed E-state index contributed by atoms with van der Waals surface area (Å²) in [5.41, 5.74) is 4.85. The minimum absolute atomic E-state index is 0.0137. The van der Waals surface area contributed by atoms with Crippen molar-refractivity contribution in [3.63, 3.8) is 0 Å². The topological polar surface area (TPSA) is 64.9 Å². The molecular weight excluding hydrogens is 247 g/mol. The van der Waals surface area contributed by atoms with Crippen molar-refractivity contribution < 1.29 is 17.7 Å². The molecule has 0 aliphatic rings. The van der Waals surface area contributed by atoms with Gasteiger partial charge in [-0.1, -0.05) is 17.3 Å². The molecule has 0 saturated heterocycles. The molecule has 0 saturated carbocycles. The molecule has 7 heteroatoms. The van der Waals surface area contributed by atoms with Gasteiger partial charge in [0.1, 0.15) is 0 Å². The molecule has 96 valence electrons. The molecular formula is C11H10F3N3O. The summed E-state index contributed by atoms with van der Waals surface area (Å²) in [5.74, 6) is 0.00209. The van der Waals surface area contributed by atoms with Crippen molar-refractivity contribution in [2.75, 3.05) is 0 Å². The lowest BCUT2D eigenvalue weighted by Gasteiger charge is -2.12. The minimum atomic E-state index is -4.47. The quantitative estimate of drug-likeness (QED) is 0.897. The first-order valence-corrected chi connectivity index (χ1v) is 5.13. The van der Waals surface area contributed by atoms with E-state index in [0.717, 1.165) is 6.07 Å². The average Bonchev–Trinajstić information content (AvgIpc) is 2.75. The Hall–Kier alpha value is -1.89. The third-order valence-electron chi connectivity index (χ3n) is 2.44. The van der Waals surface area contributed by atoms with E-state index in [4.69, 9.17) is 10.3 Å². The van der Waals surface area contributed by atoms with Crippen LogP contribution in [0, 0.1) is 6.92 Å². The van der Waals surface area contributed by atoms with E-state index in [1.54, 1.807) is 13.0 Å². The van der Waals surface area contributed by atoms with Crippen LogP contribution in [0.1, 0.15) is 17.0 Å². The molecule has 0 spiro atoms. The maximum absolute atomic E-state index is 12.9. The van der Waals surface area contributed by atoms with Gasteiger partial charge in [0, 0.05) is 5.56 Å². The molecule has 1 aromatic carbocycles. The number of aromatic nitrogens is 2. The van der Waals surface area contributed by atoms with Crippen LogP contribution in [-0.4, -0.2) is 10.1 Å². The Bertz CT molecular complexity index is 563. The van der Waals surface area contributed by atoms with Crippen LogP contribution < -0.4 is 5.73 Å². The van der Waals surface area contributed by atoms with E-state index in [2.05, 4.69) is 10.1 Å². The molecule has 0 fully saturated rings. The van der Waals surface area contributed by atoms with Gasteiger partial charge < -0.3 is 10.3 Å². The normalized spacial score (nSPS) is 11.8. The Morgan fingerprint density at radius 2 is 2.06 bits per heavy atom. The van der Waals surface area contributed by atoms with E-state index >= 15 is 0 Å². The zero-order chi connectivity index (χ0) is 13.3. The number of hydrogen-bond donors (Lipinski definition) is 1. The number of alkyl halides is 3. The summed E-state index contributed by atoms with van der Waals surface area (Å²) in [5, 5.41) is 3.53. The van der Waals surface area contributed by atoms with Gasteiger partial charge in [0.15, 0.2) is 0 Å². The first-order valence-electron chi connectivity index (χ1n) is 5.13. The summed E-state index contributed by atoms with van der Waals surface area (Å²) in [6.07, 6.45) is -4.47. The van der Waals surface area contributed by atoms with E-state index < -0.39 is 11.7 Å². The fraction of sp³-hybridized carbons (Fsp3) is 0.273. The largest absolute Gasteiger partial charge is 0.417 e. The molecule has 2 N–H and O–H groups in total. The number of hydrogen-bond acceptors (Lipinski definition) is 4. The van der Waals surface area contributed by atoms with Gasteiger partial charge in [-0.25, -0.2) is 0 Å². The van der Waals surface area contributed by atoms with Gasteiger partial charge in [0.25, 0.3) is 0 Å². The summed E-state index contributed by atoms with van der Waals surface area (Å²) in [4.78, 5) is 3.83. The SMILES string of the molecule is Cc1cccc(C(F)(F)F)c1-c1noc(CN)n1. The number of aryl methyl sites for hydroxylation is 1. The third-order valence-corrected chi connectivity index (χ3v) is 2.44. The molecule has 2 rings (SSSR count). The molecule has 0 unspecified atom stereocenters. The lowest BCUT2D eigenvalue weighted by molar-refractivity contribution is -0.137. The Labute approximate surface area is 101 Å². The zero-order valence-corrected chi connectivity index (χ0v) is 9.45. The fourth-order valence-electron chi connectivity index (χ4n) is 1.64. The molecule has 0 atom stereocenters. The van der Waals surface area contributed by atoms with Crippen LogP contribution >= 0.6 is 0 Å². The maximum Gasteiger partial charge on any atom is 0.417 e. The van der Waals surface area contributed by atoms with E-state index in [0.29, 0.717) is 5.56 Å². The van der Waals surface area contributed by atoms with Crippen molar-refractivity contribution in [3.05, 3.63) is 35.2 Å². The molecule has 0 aliphatic heterocycles. The van der Waals surface area contributed by atoms with Gasteiger partial charge in [0.05, 0.1) is 12.1 Å². The monoisotopic (exact) mass is 257 g/mol. The van der Waals surface area contributed by atoms with Crippen molar-refractivity contribution in [2.24, 2.45) is 5.73 Å². The van der Waals surface area contributed by atoms with Gasteiger partial charge >= 0.3 is 6.18 Å². The highest BCUT2D eigenvalue weighted by Gasteiger charge is 2.35. The lowest BCUT2D eigenvalue weighted by Crippen LogP contribution is -2.08. The number of benzene rings is 1. The smallest absolute Gasteiger partial charge is 0.338 e. The highest BCUT2D eigenvalue weighted by Crippen LogP contribution is 2.37. The summed E-state index contributed by atoms with van der Waals surface area (Å²) in [7, 11) is 0. The summed E-state index contributed by atoms with van der Waals surface area (Å²) in [6, 6.07) is 3.88. The van der Waals surface area contributed by atoms with E-state index in [-0.39, 0.29) is 23.8 Å². The van der Waals surface area contributed by atoms with Crippen molar-refractivity contribution in [2.45, 2.75) is 19.6 Å². The lowest BCUT2D eigenvalue weighted by atomic mass is 10.0. The van der Waals surface area contributed by atoms with Crippen LogP contribution in [0.4, 0.5) is 13.2 Å². The number of rotatable bonds is 2. The van der Waals surface area contributed by atoms with Crippen LogP contribution in [-0.2, 0) is 12.7 Å². The van der Waals surface area contributed by atoms with Gasteiger partial charge in [-0.2, -0.15) is 18.2 Å². The second-order valence-electron chi connectivity index (χ2n) is 3.71. The Morgan fingerprint density at radius 1 is 1.33 bits per heavy atom. The van der Waals surface area contributed by atoms with Crippen LogP contribution in [0.5, 0.6) is 0 Å².